The number of carboxylic acids is 1. The first-order valence-corrected chi connectivity index (χ1v) is 7.15. The van der Waals surface area contributed by atoms with E-state index in [-0.39, 0.29) is 11.9 Å². The van der Waals surface area contributed by atoms with Crippen LogP contribution in [0.4, 0.5) is 0 Å². The van der Waals surface area contributed by atoms with Gasteiger partial charge in [-0.25, -0.2) is 4.79 Å². The lowest BCUT2D eigenvalue weighted by atomic mass is 10.2. The molecule has 2 N–H and O–H groups in total. The van der Waals surface area contributed by atoms with E-state index in [1.54, 1.807) is 17.6 Å². The third-order valence-corrected chi connectivity index (χ3v) is 3.65. The standard InChI is InChI=1S/C15H14N2O3S/c1-10(13-4-2-3-7-16-13)17-15(20)11-8-12(21-9-11)5-6-14(18)19/h2-10H,1H3,(H,17,20)(H,18,19). The Morgan fingerprint density at radius 2 is 2.24 bits per heavy atom. The second-order valence-corrected chi connectivity index (χ2v) is 5.30. The van der Waals surface area contributed by atoms with Gasteiger partial charge in [0, 0.05) is 22.5 Å². The van der Waals surface area contributed by atoms with Crippen LogP contribution in [0, 0.1) is 0 Å². The number of rotatable bonds is 5. The van der Waals surface area contributed by atoms with Crippen molar-refractivity contribution < 1.29 is 14.7 Å². The molecule has 2 rings (SSSR count). The maximum Gasteiger partial charge on any atom is 0.328 e. The van der Waals surface area contributed by atoms with E-state index in [0.29, 0.717) is 10.4 Å². The summed E-state index contributed by atoms with van der Waals surface area (Å²) in [5.41, 5.74) is 1.29. The van der Waals surface area contributed by atoms with Crippen LogP contribution in [0.15, 0.2) is 41.9 Å². The summed E-state index contributed by atoms with van der Waals surface area (Å²) in [6, 6.07) is 6.99. The van der Waals surface area contributed by atoms with Crippen LogP contribution < -0.4 is 5.32 Å². The van der Waals surface area contributed by atoms with E-state index < -0.39 is 5.97 Å². The van der Waals surface area contributed by atoms with Crippen molar-refractivity contribution in [3.63, 3.8) is 0 Å². The van der Waals surface area contributed by atoms with Crippen LogP contribution in [-0.4, -0.2) is 22.0 Å². The van der Waals surface area contributed by atoms with E-state index in [0.717, 1.165) is 11.8 Å². The van der Waals surface area contributed by atoms with Gasteiger partial charge < -0.3 is 10.4 Å². The number of hydrogen-bond acceptors (Lipinski definition) is 4. The van der Waals surface area contributed by atoms with Crippen LogP contribution in [0.3, 0.4) is 0 Å². The zero-order valence-corrected chi connectivity index (χ0v) is 12.1. The Morgan fingerprint density at radius 1 is 1.43 bits per heavy atom. The smallest absolute Gasteiger partial charge is 0.328 e. The van der Waals surface area contributed by atoms with E-state index >= 15 is 0 Å². The van der Waals surface area contributed by atoms with Gasteiger partial charge in [0.2, 0.25) is 0 Å². The van der Waals surface area contributed by atoms with E-state index in [4.69, 9.17) is 5.11 Å². The Labute approximate surface area is 126 Å². The molecule has 108 valence electrons. The van der Waals surface area contributed by atoms with Gasteiger partial charge in [-0.2, -0.15) is 0 Å². The Hall–Kier alpha value is -2.47. The number of nitrogens with one attached hydrogen (secondary N) is 1. The predicted molar refractivity (Wildman–Crippen MR) is 81.1 cm³/mol. The summed E-state index contributed by atoms with van der Waals surface area (Å²) in [6.45, 7) is 1.86. The normalized spacial score (nSPS) is 12.2. The minimum Gasteiger partial charge on any atom is -0.478 e. The van der Waals surface area contributed by atoms with Gasteiger partial charge in [-0.3, -0.25) is 9.78 Å². The molecule has 0 aliphatic rings. The van der Waals surface area contributed by atoms with Gasteiger partial charge in [-0.05, 0) is 31.2 Å². The lowest BCUT2D eigenvalue weighted by Crippen LogP contribution is -2.26. The zero-order valence-electron chi connectivity index (χ0n) is 11.3. The highest BCUT2D eigenvalue weighted by Crippen LogP contribution is 2.17. The molecule has 0 aromatic carbocycles. The topological polar surface area (TPSA) is 79.3 Å². The van der Waals surface area contributed by atoms with Crippen LogP contribution in [0.5, 0.6) is 0 Å². The minimum absolute atomic E-state index is 0.198. The van der Waals surface area contributed by atoms with Crippen molar-refractivity contribution in [1.29, 1.82) is 0 Å². The molecule has 0 spiro atoms. The number of aliphatic carboxylic acids is 1. The van der Waals surface area contributed by atoms with Gasteiger partial charge in [0.05, 0.1) is 17.3 Å². The molecule has 5 nitrogen and oxygen atoms in total. The van der Waals surface area contributed by atoms with E-state index in [9.17, 15) is 9.59 Å². The number of carbonyl (C=O) groups is 2. The fraction of sp³-hybridized carbons (Fsp3) is 0.133. The van der Waals surface area contributed by atoms with Crippen LogP contribution in [0.1, 0.15) is 33.9 Å². The van der Waals surface area contributed by atoms with Gasteiger partial charge in [0.15, 0.2) is 0 Å². The Kier molecular flexibility index (Phi) is 4.84. The molecule has 1 atom stereocenters. The summed E-state index contributed by atoms with van der Waals surface area (Å²) in [7, 11) is 0. The van der Waals surface area contributed by atoms with Crippen molar-refractivity contribution in [3.05, 3.63) is 58.1 Å². The number of carbonyl (C=O) groups excluding carboxylic acids is 1. The second-order valence-electron chi connectivity index (χ2n) is 4.36. The fourth-order valence-electron chi connectivity index (χ4n) is 1.70. The molecule has 0 bridgehead atoms. The number of nitrogens with zero attached hydrogens (tertiary/aromatic N) is 1. The van der Waals surface area contributed by atoms with E-state index in [2.05, 4.69) is 10.3 Å². The highest BCUT2D eigenvalue weighted by Gasteiger charge is 2.13. The molecule has 0 saturated carbocycles. The van der Waals surface area contributed by atoms with Crippen LogP contribution >= 0.6 is 11.3 Å². The first-order chi connectivity index (χ1) is 10.1. The molecule has 0 aliphatic heterocycles. The number of thiophene rings is 1. The molecule has 2 aromatic heterocycles. The Morgan fingerprint density at radius 3 is 2.90 bits per heavy atom. The molecular formula is C15H14N2O3S. The van der Waals surface area contributed by atoms with Crippen molar-refractivity contribution in [2.24, 2.45) is 0 Å². The molecule has 0 aliphatic carbocycles. The van der Waals surface area contributed by atoms with Gasteiger partial charge in [0.1, 0.15) is 0 Å². The minimum atomic E-state index is -1.02. The lowest BCUT2D eigenvalue weighted by Gasteiger charge is -2.12. The maximum absolute atomic E-state index is 12.1. The third kappa shape index (κ3) is 4.25. The quantitative estimate of drug-likeness (QED) is 0.832. The average molecular weight is 302 g/mol. The first kappa shape index (κ1) is 14.9. The summed E-state index contributed by atoms with van der Waals surface area (Å²) in [5.74, 6) is -1.22. The summed E-state index contributed by atoms with van der Waals surface area (Å²) >= 11 is 1.32. The molecule has 0 fully saturated rings. The second kappa shape index (κ2) is 6.81. The molecular weight excluding hydrogens is 288 g/mol. The van der Waals surface area contributed by atoms with Crippen LogP contribution in [0.2, 0.25) is 0 Å². The van der Waals surface area contributed by atoms with Crippen molar-refractivity contribution >= 4 is 29.3 Å². The molecule has 0 radical (unpaired) electrons. The summed E-state index contributed by atoms with van der Waals surface area (Å²) in [4.78, 5) is 27.5. The number of amides is 1. The van der Waals surface area contributed by atoms with Crippen molar-refractivity contribution in [2.75, 3.05) is 0 Å². The summed E-state index contributed by atoms with van der Waals surface area (Å²) < 4.78 is 0. The highest BCUT2D eigenvalue weighted by molar-refractivity contribution is 7.11. The molecule has 21 heavy (non-hydrogen) atoms. The summed E-state index contributed by atoms with van der Waals surface area (Å²) in [5, 5.41) is 13.1. The Balaban J connectivity index is 2.02. The average Bonchev–Trinajstić information content (AvgIpc) is 2.95. The molecule has 0 saturated heterocycles. The van der Waals surface area contributed by atoms with Gasteiger partial charge in [-0.15, -0.1) is 11.3 Å². The lowest BCUT2D eigenvalue weighted by molar-refractivity contribution is -0.131. The van der Waals surface area contributed by atoms with Crippen LogP contribution in [0.25, 0.3) is 6.08 Å². The molecule has 6 heteroatoms. The fourth-order valence-corrected chi connectivity index (χ4v) is 2.48. The number of carboxylic acid groups (broad SMARTS) is 1. The van der Waals surface area contributed by atoms with Crippen LogP contribution in [-0.2, 0) is 4.79 Å². The highest BCUT2D eigenvalue weighted by atomic mass is 32.1. The largest absolute Gasteiger partial charge is 0.478 e. The van der Waals surface area contributed by atoms with Crippen molar-refractivity contribution in [2.45, 2.75) is 13.0 Å². The van der Waals surface area contributed by atoms with E-state index in [1.807, 2.05) is 25.1 Å². The maximum atomic E-state index is 12.1. The molecule has 1 unspecified atom stereocenters. The number of pyridine rings is 1. The third-order valence-electron chi connectivity index (χ3n) is 2.75. The summed E-state index contributed by atoms with van der Waals surface area (Å²) in [6.07, 6.45) is 4.19. The SMILES string of the molecule is CC(NC(=O)c1csc(C=CC(=O)O)c1)c1ccccn1. The number of hydrogen-bond donors (Lipinski definition) is 2. The molecule has 2 aromatic rings. The van der Waals surface area contributed by atoms with Gasteiger partial charge >= 0.3 is 5.97 Å². The predicted octanol–water partition coefficient (Wildman–Crippen LogP) is 2.73. The Bertz CT molecular complexity index is 665. The monoisotopic (exact) mass is 302 g/mol. The van der Waals surface area contributed by atoms with Gasteiger partial charge in [-0.1, -0.05) is 6.07 Å². The number of aromatic nitrogens is 1. The van der Waals surface area contributed by atoms with Crippen molar-refractivity contribution in [1.82, 2.24) is 10.3 Å². The molecule has 2 heterocycles. The zero-order chi connectivity index (χ0) is 15.2. The first-order valence-electron chi connectivity index (χ1n) is 6.27. The molecule has 1 amide bonds. The van der Waals surface area contributed by atoms with E-state index in [1.165, 1.54) is 17.4 Å². The van der Waals surface area contributed by atoms with Gasteiger partial charge in [0.25, 0.3) is 5.91 Å². The van der Waals surface area contributed by atoms with Crippen molar-refractivity contribution in [3.8, 4) is 0 Å².